The second-order valence-electron chi connectivity index (χ2n) is 6.72. The molecule has 0 bridgehead atoms. The van der Waals surface area contributed by atoms with Crippen LogP contribution in [-0.2, 0) is 0 Å². The smallest absolute Gasteiger partial charge is 0.00847 e. The van der Waals surface area contributed by atoms with Crippen molar-refractivity contribution in [2.24, 2.45) is 23.2 Å². The lowest BCUT2D eigenvalue weighted by Crippen LogP contribution is -2.41. The molecular formula is C16H26. The molecule has 0 heteroatoms. The van der Waals surface area contributed by atoms with Gasteiger partial charge in [0.1, 0.15) is 0 Å². The monoisotopic (exact) mass is 218 g/mol. The van der Waals surface area contributed by atoms with Crippen LogP contribution in [0, 0.1) is 23.2 Å². The summed E-state index contributed by atoms with van der Waals surface area (Å²) in [6, 6.07) is 0. The molecule has 0 saturated heterocycles. The Bertz CT molecular complexity index is 276. The normalized spacial score (nSPS) is 47.9. The molecule has 0 heterocycles. The van der Waals surface area contributed by atoms with E-state index in [1.807, 2.05) is 0 Å². The zero-order valence-electron chi connectivity index (χ0n) is 10.8. The minimum Gasteiger partial charge on any atom is -0.0877 e. The fraction of sp³-hybridized carbons (Fsp3) is 0.875. The Morgan fingerprint density at radius 3 is 2.75 bits per heavy atom. The number of rotatable bonds is 0. The van der Waals surface area contributed by atoms with Gasteiger partial charge in [-0.2, -0.15) is 0 Å². The topological polar surface area (TPSA) is 0 Å². The highest BCUT2D eigenvalue weighted by Crippen LogP contribution is 2.55. The third-order valence-corrected chi connectivity index (χ3v) is 5.58. The van der Waals surface area contributed by atoms with Crippen molar-refractivity contribution in [2.75, 3.05) is 0 Å². The summed E-state index contributed by atoms with van der Waals surface area (Å²) in [7, 11) is 0. The van der Waals surface area contributed by atoms with E-state index in [2.05, 4.69) is 19.1 Å². The van der Waals surface area contributed by atoms with Crippen molar-refractivity contribution in [1.82, 2.24) is 0 Å². The Labute approximate surface area is 101 Å². The molecule has 4 atom stereocenters. The van der Waals surface area contributed by atoms with Crippen LogP contribution in [0.2, 0.25) is 0 Å². The maximum atomic E-state index is 2.65. The number of hydrogen-bond acceptors (Lipinski definition) is 0. The van der Waals surface area contributed by atoms with Gasteiger partial charge in [-0.3, -0.25) is 0 Å². The Balaban J connectivity index is 1.86. The highest BCUT2D eigenvalue weighted by molar-refractivity contribution is 5.11. The Hall–Kier alpha value is -0.260. The molecule has 0 aromatic carbocycles. The van der Waals surface area contributed by atoms with E-state index in [9.17, 15) is 0 Å². The van der Waals surface area contributed by atoms with E-state index in [4.69, 9.17) is 0 Å². The molecule has 4 unspecified atom stereocenters. The van der Waals surface area contributed by atoms with Crippen molar-refractivity contribution in [2.45, 2.75) is 64.7 Å². The fourth-order valence-corrected chi connectivity index (χ4v) is 4.98. The molecule has 0 radical (unpaired) electrons. The lowest BCUT2D eigenvalue weighted by atomic mass is 9.54. The van der Waals surface area contributed by atoms with Gasteiger partial charge in [-0.1, -0.05) is 51.2 Å². The summed E-state index contributed by atoms with van der Waals surface area (Å²) in [5.41, 5.74) is 0.640. The highest BCUT2D eigenvalue weighted by atomic mass is 14.5. The summed E-state index contributed by atoms with van der Waals surface area (Å²) in [6.07, 6.45) is 18.6. The van der Waals surface area contributed by atoms with Gasteiger partial charge in [0.15, 0.2) is 0 Å². The molecule has 16 heavy (non-hydrogen) atoms. The van der Waals surface area contributed by atoms with Crippen LogP contribution >= 0.6 is 0 Å². The van der Waals surface area contributed by atoms with E-state index < -0.39 is 0 Å². The summed E-state index contributed by atoms with van der Waals surface area (Å²) in [5, 5.41) is 0. The molecule has 90 valence electrons. The van der Waals surface area contributed by atoms with Crippen molar-refractivity contribution >= 4 is 0 Å². The van der Waals surface area contributed by atoms with Crippen LogP contribution in [-0.4, -0.2) is 0 Å². The molecular weight excluding hydrogens is 192 g/mol. The van der Waals surface area contributed by atoms with Crippen LogP contribution in [0.15, 0.2) is 12.2 Å². The minimum atomic E-state index is 0.640. The van der Waals surface area contributed by atoms with Gasteiger partial charge in [0.2, 0.25) is 0 Å². The van der Waals surface area contributed by atoms with Crippen LogP contribution < -0.4 is 0 Å². The lowest BCUT2D eigenvalue weighted by molar-refractivity contribution is 0.0269. The van der Waals surface area contributed by atoms with Crippen molar-refractivity contribution in [1.29, 1.82) is 0 Å². The molecule has 0 amide bonds. The third-order valence-electron chi connectivity index (χ3n) is 5.58. The Morgan fingerprint density at radius 1 is 1.06 bits per heavy atom. The minimum absolute atomic E-state index is 0.640. The van der Waals surface area contributed by atoms with Gasteiger partial charge in [-0.05, 0) is 48.9 Å². The molecule has 3 rings (SSSR count). The molecule has 0 aliphatic heterocycles. The van der Waals surface area contributed by atoms with Crippen LogP contribution in [0.25, 0.3) is 0 Å². The molecule has 0 aromatic rings. The molecule has 2 saturated carbocycles. The number of fused-ring (bicyclic) bond motifs is 2. The van der Waals surface area contributed by atoms with E-state index in [1.165, 1.54) is 57.8 Å². The van der Waals surface area contributed by atoms with Gasteiger partial charge >= 0.3 is 0 Å². The molecule has 1 spiro atoms. The second-order valence-corrected chi connectivity index (χ2v) is 6.72. The number of hydrogen-bond donors (Lipinski definition) is 0. The first-order valence-electron chi connectivity index (χ1n) is 7.48. The molecule has 0 aromatic heterocycles. The second kappa shape index (κ2) is 4.20. The van der Waals surface area contributed by atoms with Crippen molar-refractivity contribution in [3.63, 3.8) is 0 Å². The van der Waals surface area contributed by atoms with Crippen LogP contribution in [0.3, 0.4) is 0 Å². The van der Waals surface area contributed by atoms with Gasteiger partial charge in [-0.25, -0.2) is 0 Å². The van der Waals surface area contributed by atoms with E-state index in [-0.39, 0.29) is 0 Å². The molecule has 3 aliphatic carbocycles. The fourth-order valence-electron chi connectivity index (χ4n) is 4.98. The third kappa shape index (κ3) is 1.75. The summed E-state index contributed by atoms with van der Waals surface area (Å²) in [5.74, 6) is 3.07. The highest BCUT2D eigenvalue weighted by Gasteiger charge is 2.45. The predicted octanol–water partition coefficient (Wildman–Crippen LogP) is 4.95. The van der Waals surface area contributed by atoms with Gasteiger partial charge in [0, 0.05) is 0 Å². The molecule has 3 aliphatic rings. The van der Waals surface area contributed by atoms with Crippen LogP contribution in [0.4, 0.5) is 0 Å². The standard InChI is InChI=1S/C16H26/c1-13-6-4-10-16(12-13)11-5-8-14-7-2-3-9-15(14)16/h4,10,13-15H,2-3,5-9,11-12H2,1H3. The van der Waals surface area contributed by atoms with E-state index in [0.717, 1.165) is 17.8 Å². The lowest BCUT2D eigenvalue weighted by Gasteiger charge is -2.51. The quantitative estimate of drug-likeness (QED) is 0.505. The van der Waals surface area contributed by atoms with E-state index in [1.54, 1.807) is 0 Å². The molecule has 0 N–H and O–H groups in total. The first kappa shape index (κ1) is 10.9. The van der Waals surface area contributed by atoms with Crippen molar-refractivity contribution in [3.05, 3.63) is 12.2 Å². The summed E-state index contributed by atoms with van der Waals surface area (Å²) >= 11 is 0. The van der Waals surface area contributed by atoms with Gasteiger partial charge < -0.3 is 0 Å². The molecule has 2 fully saturated rings. The SMILES string of the molecule is CC1CC=CC2(CCCC3CCCCC32)C1. The van der Waals surface area contributed by atoms with Crippen molar-refractivity contribution in [3.8, 4) is 0 Å². The zero-order valence-corrected chi connectivity index (χ0v) is 10.8. The Morgan fingerprint density at radius 2 is 1.88 bits per heavy atom. The van der Waals surface area contributed by atoms with Crippen LogP contribution in [0.5, 0.6) is 0 Å². The maximum absolute atomic E-state index is 2.65. The zero-order chi connectivity index (χ0) is 11.0. The van der Waals surface area contributed by atoms with E-state index in [0.29, 0.717) is 5.41 Å². The summed E-state index contributed by atoms with van der Waals surface area (Å²) in [6.45, 7) is 2.46. The van der Waals surface area contributed by atoms with Gasteiger partial charge in [-0.15, -0.1) is 0 Å². The van der Waals surface area contributed by atoms with E-state index >= 15 is 0 Å². The molecule has 0 nitrogen and oxygen atoms in total. The summed E-state index contributed by atoms with van der Waals surface area (Å²) < 4.78 is 0. The largest absolute Gasteiger partial charge is 0.0877 e. The average Bonchev–Trinajstić information content (AvgIpc) is 2.30. The number of allylic oxidation sites excluding steroid dienone is 2. The van der Waals surface area contributed by atoms with Crippen LogP contribution in [0.1, 0.15) is 64.7 Å². The Kier molecular flexibility index (Phi) is 2.85. The van der Waals surface area contributed by atoms with Crippen molar-refractivity contribution < 1.29 is 0 Å². The van der Waals surface area contributed by atoms with Gasteiger partial charge in [0.05, 0.1) is 0 Å². The summed E-state index contributed by atoms with van der Waals surface area (Å²) in [4.78, 5) is 0. The average molecular weight is 218 g/mol. The predicted molar refractivity (Wildman–Crippen MR) is 69.3 cm³/mol. The first-order valence-corrected chi connectivity index (χ1v) is 7.48. The van der Waals surface area contributed by atoms with Gasteiger partial charge in [0.25, 0.3) is 0 Å². The maximum Gasteiger partial charge on any atom is -0.00847 e. The first-order chi connectivity index (χ1) is 7.80.